The summed E-state index contributed by atoms with van der Waals surface area (Å²) in [6.07, 6.45) is -9.46. The van der Waals surface area contributed by atoms with Gasteiger partial charge in [-0.25, -0.2) is 23.8 Å². The molecule has 3 N–H and O–H groups in total. The predicted molar refractivity (Wildman–Crippen MR) is 157 cm³/mol. The van der Waals surface area contributed by atoms with Crippen LogP contribution in [-0.2, 0) is 20.9 Å². The van der Waals surface area contributed by atoms with Gasteiger partial charge < -0.3 is 15.3 Å². The number of pyridine rings is 2. The van der Waals surface area contributed by atoms with Crippen LogP contribution in [0.25, 0.3) is 16.9 Å². The molecule has 4 aromatic rings. The number of alkyl halides is 9. The first-order valence-corrected chi connectivity index (χ1v) is 14.0. The van der Waals surface area contributed by atoms with Crippen LogP contribution in [0.2, 0.25) is 0 Å². The van der Waals surface area contributed by atoms with Gasteiger partial charge in [0.05, 0.1) is 17.4 Å². The van der Waals surface area contributed by atoms with Crippen molar-refractivity contribution in [2.75, 3.05) is 26.7 Å². The van der Waals surface area contributed by atoms with Crippen molar-refractivity contribution in [3.05, 3.63) is 90.3 Å². The summed E-state index contributed by atoms with van der Waals surface area (Å²) in [4.78, 5) is 40.6. The number of benzene rings is 1. The number of carbonyl (C=O) groups is 3. The number of hydrogen-bond donors (Lipinski definition) is 3. The van der Waals surface area contributed by atoms with Gasteiger partial charge in [0.1, 0.15) is 11.5 Å². The van der Waals surface area contributed by atoms with Gasteiger partial charge in [-0.2, -0.15) is 39.5 Å². The Morgan fingerprint density at radius 1 is 0.765 bits per heavy atom. The van der Waals surface area contributed by atoms with Crippen LogP contribution in [0, 0.1) is 5.82 Å². The molecule has 278 valence electrons. The van der Waals surface area contributed by atoms with Crippen LogP contribution in [0.3, 0.4) is 0 Å². The van der Waals surface area contributed by atoms with Crippen molar-refractivity contribution in [2.45, 2.75) is 31.1 Å². The lowest BCUT2D eigenvalue weighted by Gasteiger charge is -2.38. The molecule has 5 rings (SSSR count). The van der Waals surface area contributed by atoms with Gasteiger partial charge in [0.15, 0.2) is 0 Å². The molecular formula is C30H27F10N5O6. The third kappa shape index (κ3) is 13.5. The van der Waals surface area contributed by atoms with Crippen LogP contribution in [0.15, 0.2) is 73.2 Å². The van der Waals surface area contributed by atoms with E-state index in [2.05, 4.69) is 38.5 Å². The second kappa shape index (κ2) is 17.6. The average molecular weight is 744 g/mol. The molecule has 0 radical (unpaired) electrons. The Balaban J connectivity index is 0.000000352. The van der Waals surface area contributed by atoms with E-state index in [0.29, 0.717) is 0 Å². The van der Waals surface area contributed by atoms with E-state index in [1.54, 1.807) is 0 Å². The van der Waals surface area contributed by atoms with Crippen LogP contribution in [-0.4, -0.2) is 103 Å². The summed E-state index contributed by atoms with van der Waals surface area (Å²) in [7, 11) is 2.16. The number of nitrogens with zero attached hydrogens (tertiary/aromatic N) is 5. The second-order valence-corrected chi connectivity index (χ2v) is 10.3. The fraction of sp³-hybridized carbons (Fsp3) is 0.300. The van der Waals surface area contributed by atoms with Crippen molar-refractivity contribution in [3.8, 4) is 11.3 Å². The molecule has 4 heterocycles. The highest BCUT2D eigenvalue weighted by Gasteiger charge is 2.39. The topological polar surface area (TPSA) is 149 Å². The van der Waals surface area contributed by atoms with Crippen molar-refractivity contribution in [2.24, 2.45) is 0 Å². The number of fused-ring (bicyclic) bond motifs is 1. The Morgan fingerprint density at radius 2 is 1.25 bits per heavy atom. The van der Waals surface area contributed by atoms with E-state index in [-0.39, 0.29) is 11.9 Å². The van der Waals surface area contributed by atoms with Crippen molar-refractivity contribution in [1.29, 1.82) is 0 Å². The molecule has 1 atom stereocenters. The number of likely N-dealkylation sites (N-methyl/N-ethyl adjacent to an activating group) is 1. The minimum Gasteiger partial charge on any atom is -0.475 e. The van der Waals surface area contributed by atoms with Crippen molar-refractivity contribution < 1.29 is 73.6 Å². The van der Waals surface area contributed by atoms with E-state index in [9.17, 15) is 43.9 Å². The molecule has 1 aromatic carbocycles. The van der Waals surface area contributed by atoms with Crippen LogP contribution < -0.4 is 0 Å². The summed E-state index contributed by atoms with van der Waals surface area (Å²) in [5, 5.41) is 21.4. The van der Waals surface area contributed by atoms with Gasteiger partial charge >= 0.3 is 36.4 Å². The van der Waals surface area contributed by atoms with Crippen molar-refractivity contribution >= 4 is 23.6 Å². The highest BCUT2D eigenvalue weighted by molar-refractivity contribution is 5.73. The molecule has 0 spiro atoms. The van der Waals surface area contributed by atoms with E-state index >= 15 is 0 Å². The lowest BCUT2D eigenvalue weighted by atomic mass is 10.1. The Labute approximate surface area is 281 Å². The number of piperazine rings is 1. The molecule has 0 aliphatic carbocycles. The average Bonchev–Trinajstić information content (AvgIpc) is 3.47. The van der Waals surface area contributed by atoms with Crippen LogP contribution in [0.1, 0.15) is 17.3 Å². The van der Waals surface area contributed by atoms with Gasteiger partial charge in [-0.15, -0.1) is 0 Å². The summed E-state index contributed by atoms with van der Waals surface area (Å²) < 4.78 is 111. The number of aromatic nitrogens is 3. The first-order chi connectivity index (χ1) is 23.5. The Hall–Kier alpha value is -5.31. The van der Waals surface area contributed by atoms with Gasteiger partial charge in [-0.3, -0.25) is 19.2 Å². The Bertz CT molecular complexity index is 1690. The number of hydrogen-bond acceptors (Lipinski definition) is 7. The molecule has 21 heteroatoms. The lowest BCUT2D eigenvalue weighted by Crippen LogP contribution is -2.46. The molecule has 3 aromatic heterocycles. The van der Waals surface area contributed by atoms with Gasteiger partial charge in [0.25, 0.3) is 0 Å². The largest absolute Gasteiger partial charge is 0.490 e. The normalized spacial score (nSPS) is 15.3. The lowest BCUT2D eigenvalue weighted by molar-refractivity contribution is -0.193. The van der Waals surface area contributed by atoms with E-state index in [0.717, 1.165) is 54.3 Å². The summed E-state index contributed by atoms with van der Waals surface area (Å²) in [5.41, 5.74) is 5.38. The molecular weight excluding hydrogens is 716 g/mol. The van der Waals surface area contributed by atoms with Crippen LogP contribution in [0.5, 0.6) is 0 Å². The standard InChI is InChI=1S/C24H24FN5.3C2HF3O2/c1-28-13-14-29(15-18-5-7-20(25)8-6-18)17-23(28)21-16-30-22(3-2-4-24(30)27-21)19-9-11-26-12-10-19;3*3-2(4,5)1(6)7/h2-12,16,23H,13-15,17H2,1H3;3*(H,6,7). The monoisotopic (exact) mass is 743 g/mol. The van der Waals surface area contributed by atoms with Gasteiger partial charge in [-0.1, -0.05) is 18.2 Å². The summed E-state index contributed by atoms with van der Waals surface area (Å²) in [5.74, 6) is -8.46. The van der Waals surface area contributed by atoms with Gasteiger partial charge in [0, 0.05) is 50.3 Å². The first-order valence-electron chi connectivity index (χ1n) is 14.0. The molecule has 0 saturated carbocycles. The molecule has 1 saturated heterocycles. The fourth-order valence-corrected chi connectivity index (χ4v) is 4.19. The maximum absolute atomic E-state index is 13.2. The number of aliphatic carboxylic acids is 3. The summed E-state index contributed by atoms with van der Waals surface area (Å²) >= 11 is 0. The zero-order valence-corrected chi connectivity index (χ0v) is 25.9. The summed E-state index contributed by atoms with van der Waals surface area (Å²) in [6.45, 7) is 3.67. The Kier molecular flexibility index (Phi) is 14.4. The van der Waals surface area contributed by atoms with E-state index < -0.39 is 36.4 Å². The van der Waals surface area contributed by atoms with Crippen molar-refractivity contribution in [3.63, 3.8) is 0 Å². The highest BCUT2D eigenvalue weighted by atomic mass is 19.4. The maximum atomic E-state index is 13.2. The smallest absolute Gasteiger partial charge is 0.475 e. The second-order valence-electron chi connectivity index (χ2n) is 10.3. The molecule has 51 heavy (non-hydrogen) atoms. The number of rotatable bonds is 4. The van der Waals surface area contributed by atoms with E-state index in [4.69, 9.17) is 34.7 Å². The number of halogens is 10. The fourth-order valence-electron chi connectivity index (χ4n) is 4.19. The van der Waals surface area contributed by atoms with E-state index in [1.807, 2.05) is 48.8 Å². The molecule has 0 bridgehead atoms. The zero-order valence-electron chi connectivity index (χ0n) is 25.9. The minimum atomic E-state index is -5.08. The van der Waals surface area contributed by atoms with Crippen LogP contribution in [0.4, 0.5) is 43.9 Å². The minimum absolute atomic E-state index is 0.190. The first kappa shape index (κ1) is 41.9. The molecule has 1 fully saturated rings. The van der Waals surface area contributed by atoms with Crippen LogP contribution >= 0.6 is 0 Å². The van der Waals surface area contributed by atoms with Gasteiger partial charge in [-0.05, 0) is 49.0 Å². The predicted octanol–water partition coefficient (Wildman–Crippen LogP) is 5.92. The molecule has 1 unspecified atom stereocenters. The SMILES string of the molecule is CN1CCN(Cc2ccc(F)cc2)CC1c1cn2c(-c3ccncc3)cccc2n1.O=C(O)C(F)(F)F.O=C(O)C(F)(F)F.O=C(O)C(F)(F)F. The number of carboxylic acid groups (broad SMARTS) is 3. The third-order valence-electron chi connectivity index (χ3n) is 6.61. The van der Waals surface area contributed by atoms with Crippen molar-refractivity contribution in [1.82, 2.24) is 24.2 Å². The molecule has 11 nitrogen and oxygen atoms in total. The number of imidazole rings is 1. The van der Waals surface area contributed by atoms with Gasteiger partial charge in [0.2, 0.25) is 0 Å². The number of carboxylic acids is 3. The molecule has 0 amide bonds. The molecule has 1 aliphatic heterocycles. The maximum Gasteiger partial charge on any atom is 0.490 e. The van der Waals surface area contributed by atoms with E-state index in [1.165, 1.54) is 12.1 Å². The summed E-state index contributed by atoms with van der Waals surface area (Å²) in [6, 6.07) is 17.3. The Morgan fingerprint density at radius 3 is 1.73 bits per heavy atom. The quantitative estimate of drug-likeness (QED) is 0.215. The highest BCUT2D eigenvalue weighted by Crippen LogP contribution is 2.27. The third-order valence-corrected chi connectivity index (χ3v) is 6.61. The zero-order chi connectivity index (χ0) is 38.7. The molecule has 1 aliphatic rings.